The van der Waals surface area contributed by atoms with E-state index < -0.39 is 11.4 Å². The molecule has 1 aromatic rings. The van der Waals surface area contributed by atoms with Gasteiger partial charge in [0.15, 0.2) is 5.89 Å². The first-order valence-electron chi connectivity index (χ1n) is 8.17. The maximum Gasteiger partial charge on any atom is 0.311 e. The minimum Gasteiger partial charge on any atom is -0.481 e. The molecule has 1 heterocycles. The molecule has 0 bridgehead atoms. The van der Waals surface area contributed by atoms with E-state index in [2.05, 4.69) is 4.98 Å². The first-order chi connectivity index (χ1) is 10.8. The van der Waals surface area contributed by atoms with Crippen molar-refractivity contribution in [2.24, 2.45) is 11.3 Å². The van der Waals surface area contributed by atoms with Gasteiger partial charge in [0.05, 0.1) is 23.6 Å². The number of carboxylic acids is 1. The van der Waals surface area contributed by atoms with E-state index in [9.17, 15) is 9.59 Å². The third-order valence-electron chi connectivity index (χ3n) is 4.45. The number of aromatic nitrogens is 1. The number of hydrogen-bond acceptors (Lipinski definition) is 5. The van der Waals surface area contributed by atoms with Gasteiger partial charge in [0.1, 0.15) is 6.26 Å². The smallest absolute Gasteiger partial charge is 0.311 e. The van der Waals surface area contributed by atoms with Crippen LogP contribution in [0.1, 0.15) is 64.0 Å². The van der Waals surface area contributed by atoms with Gasteiger partial charge < -0.3 is 14.3 Å². The Balaban J connectivity index is 1.96. The molecule has 23 heavy (non-hydrogen) atoms. The fourth-order valence-electron chi connectivity index (χ4n) is 3.03. The molecular formula is C17H25NO5. The van der Waals surface area contributed by atoms with Crippen molar-refractivity contribution < 1.29 is 23.8 Å². The summed E-state index contributed by atoms with van der Waals surface area (Å²) < 4.78 is 10.7. The molecule has 0 aromatic carbocycles. The topological polar surface area (TPSA) is 89.6 Å². The Bertz CT molecular complexity index is 555. The summed E-state index contributed by atoms with van der Waals surface area (Å²) >= 11 is 0. The Labute approximate surface area is 136 Å². The van der Waals surface area contributed by atoms with E-state index in [0.29, 0.717) is 31.8 Å². The summed E-state index contributed by atoms with van der Waals surface area (Å²) in [4.78, 5) is 27.4. The number of oxazole rings is 1. The Morgan fingerprint density at radius 3 is 2.57 bits per heavy atom. The lowest BCUT2D eigenvalue weighted by Crippen LogP contribution is -2.29. The standard InChI is InChI=1S/C17H25NO5/c1-4-22-16(21)17(2,3)9-13-10-23-14(18-13)11-5-7-12(8-6-11)15(19)20/h10-12H,4-9H2,1-3H3,(H,19,20). The molecule has 1 aromatic heterocycles. The number of ether oxygens (including phenoxy) is 1. The number of rotatable bonds is 6. The summed E-state index contributed by atoms with van der Waals surface area (Å²) in [5, 5.41) is 9.04. The van der Waals surface area contributed by atoms with Crippen molar-refractivity contribution in [3.05, 3.63) is 17.8 Å². The minimum absolute atomic E-state index is 0.171. The van der Waals surface area contributed by atoms with Gasteiger partial charge in [0.2, 0.25) is 0 Å². The average Bonchev–Trinajstić information content (AvgIpc) is 2.95. The van der Waals surface area contributed by atoms with Crippen molar-refractivity contribution >= 4 is 11.9 Å². The second-order valence-corrected chi connectivity index (χ2v) is 6.84. The number of esters is 1. The molecule has 0 saturated heterocycles. The minimum atomic E-state index is -0.715. The zero-order valence-electron chi connectivity index (χ0n) is 14.0. The van der Waals surface area contributed by atoms with E-state index >= 15 is 0 Å². The molecule has 6 nitrogen and oxygen atoms in total. The lowest BCUT2D eigenvalue weighted by molar-refractivity contribution is -0.153. The van der Waals surface area contributed by atoms with E-state index in [0.717, 1.165) is 18.5 Å². The highest BCUT2D eigenvalue weighted by Crippen LogP contribution is 2.36. The van der Waals surface area contributed by atoms with E-state index in [1.165, 1.54) is 0 Å². The molecule has 1 saturated carbocycles. The fourth-order valence-corrected chi connectivity index (χ4v) is 3.03. The van der Waals surface area contributed by atoms with Crippen LogP contribution in [0, 0.1) is 11.3 Å². The van der Waals surface area contributed by atoms with Gasteiger partial charge in [-0.2, -0.15) is 0 Å². The van der Waals surface area contributed by atoms with Gasteiger partial charge in [-0.15, -0.1) is 0 Å². The van der Waals surface area contributed by atoms with Crippen LogP contribution in [0.5, 0.6) is 0 Å². The molecule has 0 radical (unpaired) electrons. The highest BCUT2D eigenvalue weighted by atomic mass is 16.5. The number of carbonyl (C=O) groups is 2. The van der Waals surface area contributed by atoms with Crippen LogP contribution in [0.25, 0.3) is 0 Å². The summed E-state index contributed by atoms with van der Waals surface area (Å²) in [6.45, 7) is 5.81. The highest BCUT2D eigenvalue weighted by Gasteiger charge is 2.32. The van der Waals surface area contributed by atoms with Crippen molar-refractivity contribution in [1.29, 1.82) is 0 Å². The summed E-state index contributed by atoms with van der Waals surface area (Å²) in [6.07, 6.45) is 4.92. The van der Waals surface area contributed by atoms with E-state index in [1.54, 1.807) is 13.2 Å². The lowest BCUT2D eigenvalue weighted by atomic mass is 9.82. The molecule has 1 aliphatic carbocycles. The number of nitrogens with zero attached hydrogens (tertiary/aromatic N) is 1. The van der Waals surface area contributed by atoms with E-state index in [4.69, 9.17) is 14.3 Å². The van der Waals surface area contributed by atoms with Gasteiger partial charge in [-0.3, -0.25) is 9.59 Å². The van der Waals surface area contributed by atoms with Crippen LogP contribution in [-0.4, -0.2) is 28.6 Å². The summed E-state index contributed by atoms with van der Waals surface area (Å²) in [7, 11) is 0. The van der Waals surface area contributed by atoms with Crippen molar-refractivity contribution in [2.75, 3.05) is 6.61 Å². The maximum atomic E-state index is 11.9. The van der Waals surface area contributed by atoms with Gasteiger partial charge in [0.25, 0.3) is 0 Å². The normalized spacial score (nSPS) is 21.9. The quantitative estimate of drug-likeness (QED) is 0.809. The summed E-state index contributed by atoms with van der Waals surface area (Å²) in [5.74, 6) is -0.378. The fraction of sp³-hybridized carbons (Fsp3) is 0.706. The molecule has 1 aliphatic rings. The summed E-state index contributed by atoms with van der Waals surface area (Å²) in [6, 6.07) is 0. The molecule has 2 rings (SSSR count). The monoisotopic (exact) mass is 323 g/mol. The first-order valence-corrected chi connectivity index (χ1v) is 8.17. The zero-order valence-corrected chi connectivity index (χ0v) is 14.0. The second-order valence-electron chi connectivity index (χ2n) is 6.84. The van der Waals surface area contributed by atoms with Gasteiger partial charge in [-0.1, -0.05) is 0 Å². The summed E-state index contributed by atoms with van der Waals surface area (Å²) in [5.41, 5.74) is 0.0869. The van der Waals surface area contributed by atoms with Crippen LogP contribution in [0.15, 0.2) is 10.7 Å². The molecule has 0 aliphatic heterocycles. The van der Waals surface area contributed by atoms with Crippen LogP contribution in [0.2, 0.25) is 0 Å². The first kappa shape index (κ1) is 17.5. The Morgan fingerprint density at radius 1 is 1.35 bits per heavy atom. The van der Waals surface area contributed by atoms with E-state index in [1.807, 2.05) is 13.8 Å². The zero-order chi connectivity index (χ0) is 17.0. The Hall–Kier alpha value is -1.85. The molecule has 128 valence electrons. The largest absolute Gasteiger partial charge is 0.481 e. The molecular weight excluding hydrogens is 298 g/mol. The van der Waals surface area contributed by atoms with Crippen LogP contribution >= 0.6 is 0 Å². The third kappa shape index (κ3) is 4.33. The highest BCUT2D eigenvalue weighted by molar-refractivity contribution is 5.76. The molecule has 6 heteroatoms. The maximum absolute atomic E-state index is 11.9. The van der Waals surface area contributed by atoms with Crippen molar-refractivity contribution in [3.63, 3.8) is 0 Å². The van der Waals surface area contributed by atoms with Gasteiger partial charge in [-0.05, 0) is 46.5 Å². The lowest BCUT2D eigenvalue weighted by Gasteiger charge is -2.23. The third-order valence-corrected chi connectivity index (χ3v) is 4.45. The van der Waals surface area contributed by atoms with Crippen LogP contribution < -0.4 is 0 Å². The average molecular weight is 323 g/mol. The number of carbonyl (C=O) groups excluding carboxylic acids is 1. The Kier molecular flexibility index (Phi) is 5.44. The molecule has 0 amide bonds. The van der Waals surface area contributed by atoms with E-state index in [-0.39, 0.29) is 17.8 Å². The van der Waals surface area contributed by atoms with Crippen molar-refractivity contribution in [2.45, 2.75) is 58.8 Å². The SMILES string of the molecule is CCOC(=O)C(C)(C)Cc1coc(C2CCC(C(=O)O)CC2)n1. The predicted molar refractivity (Wildman–Crippen MR) is 83.0 cm³/mol. The van der Waals surface area contributed by atoms with Crippen LogP contribution in [0.4, 0.5) is 0 Å². The van der Waals surface area contributed by atoms with Gasteiger partial charge >= 0.3 is 11.9 Å². The van der Waals surface area contributed by atoms with Crippen molar-refractivity contribution in [1.82, 2.24) is 4.98 Å². The predicted octanol–water partition coefficient (Wildman–Crippen LogP) is 3.16. The molecule has 1 fully saturated rings. The number of aliphatic carboxylic acids is 1. The molecule has 0 unspecified atom stereocenters. The van der Waals surface area contributed by atoms with Gasteiger partial charge in [0, 0.05) is 12.3 Å². The van der Waals surface area contributed by atoms with Crippen LogP contribution in [0.3, 0.4) is 0 Å². The molecule has 0 atom stereocenters. The number of carboxylic acid groups (broad SMARTS) is 1. The number of hydrogen-bond donors (Lipinski definition) is 1. The van der Waals surface area contributed by atoms with Crippen LogP contribution in [-0.2, 0) is 20.7 Å². The van der Waals surface area contributed by atoms with Gasteiger partial charge in [-0.25, -0.2) is 4.98 Å². The molecule has 0 spiro atoms. The Morgan fingerprint density at radius 2 is 2.00 bits per heavy atom. The second kappa shape index (κ2) is 7.15. The molecule has 1 N–H and O–H groups in total. The van der Waals surface area contributed by atoms with Crippen molar-refractivity contribution in [3.8, 4) is 0 Å².